The van der Waals surface area contributed by atoms with Gasteiger partial charge in [0, 0.05) is 32.8 Å². The maximum Gasteiger partial charge on any atom is 0.0701 e. The summed E-state index contributed by atoms with van der Waals surface area (Å²) in [5.74, 6) is 0. The zero-order valence-electron chi connectivity index (χ0n) is 9.78. The Morgan fingerprint density at radius 1 is 1.62 bits per heavy atom. The molecule has 1 unspecified atom stereocenters. The van der Waals surface area contributed by atoms with Gasteiger partial charge in [-0.3, -0.25) is 0 Å². The second-order valence-corrected chi connectivity index (χ2v) is 6.29. The Hall–Kier alpha value is 0.0600. The van der Waals surface area contributed by atoms with Crippen molar-refractivity contribution < 1.29 is 4.74 Å². The van der Waals surface area contributed by atoms with Gasteiger partial charge in [-0.25, -0.2) is 0 Å². The molecule has 2 N–H and O–H groups in total. The molecule has 1 aromatic rings. The van der Waals surface area contributed by atoms with E-state index in [1.165, 1.54) is 9.35 Å². The maximum atomic E-state index is 5.99. The third-order valence-corrected chi connectivity index (χ3v) is 3.87. The molecule has 0 aromatic carbocycles. The topological polar surface area (TPSA) is 38.5 Å². The molecule has 0 aliphatic carbocycles. The average Bonchev–Trinajstić information content (AvgIpc) is 2.60. The fraction of sp³-hybridized carbons (Fsp3) is 0.636. The van der Waals surface area contributed by atoms with Crippen molar-refractivity contribution >= 4 is 27.3 Å². The second-order valence-electron chi connectivity index (χ2n) is 4.00. The standard InChI is InChI=1S/C11H19BrN2OS/c1-14(7-10(13)3-4-15-2)6-9-5-11(12)16-8-9/h5,8,10H,3-4,6-7,13H2,1-2H3. The van der Waals surface area contributed by atoms with Gasteiger partial charge in [-0.2, -0.15) is 0 Å². The second kappa shape index (κ2) is 7.40. The minimum Gasteiger partial charge on any atom is -0.385 e. The predicted molar refractivity (Wildman–Crippen MR) is 72.8 cm³/mol. The summed E-state index contributed by atoms with van der Waals surface area (Å²) < 4.78 is 6.19. The molecule has 1 aromatic heterocycles. The van der Waals surface area contributed by atoms with Gasteiger partial charge in [0.1, 0.15) is 0 Å². The van der Waals surface area contributed by atoms with Crippen LogP contribution in [0.15, 0.2) is 15.2 Å². The molecule has 0 fully saturated rings. The highest BCUT2D eigenvalue weighted by atomic mass is 79.9. The first-order valence-corrected chi connectivity index (χ1v) is 6.95. The summed E-state index contributed by atoms with van der Waals surface area (Å²) >= 11 is 5.18. The number of methoxy groups -OCH3 is 1. The van der Waals surface area contributed by atoms with Crippen LogP contribution in [0.4, 0.5) is 0 Å². The number of nitrogens with two attached hydrogens (primary N) is 1. The highest BCUT2D eigenvalue weighted by Gasteiger charge is 2.08. The van der Waals surface area contributed by atoms with Crippen molar-refractivity contribution in [3.05, 3.63) is 20.8 Å². The Morgan fingerprint density at radius 3 is 2.94 bits per heavy atom. The first-order valence-electron chi connectivity index (χ1n) is 5.27. The van der Waals surface area contributed by atoms with Gasteiger partial charge in [0.2, 0.25) is 0 Å². The minimum atomic E-state index is 0.187. The molecule has 0 amide bonds. The molecular formula is C11H19BrN2OS. The van der Waals surface area contributed by atoms with E-state index in [-0.39, 0.29) is 6.04 Å². The number of ether oxygens (including phenoxy) is 1. The molecular weight excluding hydrogens is 288 g/mol. The van der Waals surface area contributed by atoms with E-state index in [1.807, 2.05) is 0 Å². The van der Waals surface area contributed by atoms with Crippen LogP contribution >= 0.6 is 27.3 Å². The van der Waals surface area contributed by atoms with Crippen molar-refractivity contribution in [2.45, 2.75) is 19.0 Å². The predicted octanol–water partition coefficient (Wildman–Crippen LogP) is 2.31. The first kappa shape index (κ1) is 14.1. The molecule has 3 nitrogen and oxygen atoms in total. The van der Waals surface area contributed by atoms with Crippen LogP contribution < -0.4 is 5.73 Å². The number of halogens is 1. The Labute approximate surface area is 110 Å². The summed E-state index contributed by atoms with van der Waals surface area (Å²) in [5.41, 5.74) is 7.32. The Bertz CT molecular complexity index is 306. The van der Waals surface area contributed by atoms with E-state index in [9.17, 15) is 0 Å². The number of nitrogens with zero attached hydrogens (tertiary/aromatic N) is 1. The summed E-state index contributed by atoms with van der Waals surface area (Å²) in [6, 6.07) is 2.34. The normalized spacial score (nSPS) is 13.3. The summed E-state index contributed by atoms with van der Waals surface area (Å²) in [5, 5.41) is 2.17. The molecule has 16 heavy (non-hydrogen) atoms. The van der Waals surface area contributed by atoms with Crippen LogP contribution in [0.25, 0.3) is 0 Å². The first-order chi connectivity index (χ1) is 7.61. The molecule has 92 valence electrons. The van der Waals surface area contributed by atoms with Crippen LogP contribution in [0.1, 0.15) is 12.0 Å². The van der Waals surface area contributed by atoms with Gasteiger partial charge in [-0.05, 0) is 46.4 Å². The zero-order valence-corrected chi connectivity index (χ0v) is 12.2. The van der Waals surface area contributed by atoms with Gasteiger partial charge >= 0.3 is 0 Å². The van der Waals surface area contributed by atoms with Crippen molar-refractivity contribution in [1.82, 2.24) is 4.90 Å². The maximum absolute atomic E-state index is 5.99. The van der Waals surface area contributed by atoms with Crippen molar-refractivity contribution in [1.29, 1.82) is 0 Å². The molecule has 0 bridgehead atoms. The molecule has 0 aliphatic rings. The van der Waals surface area contributed by atoms with E-state index >= 15 is 0 Å². The Kier molecular flexibility index (Phi) is 6.53. The van der Waals surface area contributed by atoms with E-state index < -0.39 is 0 Å². The third kappa shape index (κ3) is 5.41. The Balaban J connectivity index is 2.27. The third-order valence-electron chi connectivity index (χ3n) is 2.31. The van der Waals surface area contributed by atoms with Gasteiger partial charge in [-0.1, -0.05) is 0 Å². The number of hydrogen-bond donors (Lipinski definition) is 1. The summed E-state index contributed by atoms with van der Waals surface area (Å²) in [4.78, 5) is 2.24. The largest absolute Gasteiger partial charge is 0.385 e. The van der Waals surface area contributed by atoms with E-state index in [1.54, 1.807) is 18.4 Å². The molecule has 0 spiro atoms. The van der Waals surface area contributed by atoms with Crippen LogP contribution in [-0.2, 0) is 11.3 Å². The van der Waals surface area contributed by atoms with Gasteiger partial charge in [0.15, 0.2) is 0 Å². The van der Waals surface area contributed by atoms with Crippen LogP contribution in [-0.4, -0.2) is 38.3 Å². The lowest BCUT2D eigenvalue weighted by Crippen LogP contribution is -2.35. The molecule has 1 rings (SSSR count). The fourth-order valence-electron chi connectivity index (χ4n) is 1.57. The number of rotatable bonds is 7. The van der Waals surface area contributed by atoms with Gasteiger partial charge in [-0.15, -0.1) is 11.3 Å². The van der Waals surface area contributed by atoms with Gasteiger partial charge < -0.3 is 15.4 Å². The smallest absolute Gasteiger partial charge is 0.0701 e. The van der Waals surface area contributed by atoms with Crippen LogP contribution in [0.2, 0.25) is 0 Å². The number of thiophene rings is 1. The van der Waals surface area contributed by atoms with E-state index in [2.05, 4.69) is 39.3 Å². The Morgan fingerprint density at radius 2 is 2.38 bits per heavy atom. The van der Waals surface area contributed by atoms with Crippen LogP contribution in [0, 0.1) is 0 Å². The van der Waals surface area contributed by atoms with Gasteiger partial charge in [0.05, 0.1) is 3.79 Å². The molecule has 5 heteroatoms. The molecule has 1 atom stereocenters. The molecule has 0 radical (unpaired) electrons. The minimum absolute atomic E-state index is 0.187. The highest BCUT2D eigenvalue weighted by molar-refractivity contribution is 9.11. The molecule has 0 saturated carbocycles. The summed E-state index contributed by atoms with van der Waals surface area (Å²) in [7, 11) is 3.80. The molecule has 0 saturated heterocycles. The van der Waals surface area contributed by atoms with Crippen molar-refractivity contribution in [3.8, 4) is 0 Å². The summed E-state index contributed by atoms with van der Waals surface area (Å²) in [6.07, 6.45) is 0.911. The molecule has 0 aliphatic heterocycles. The summed E-state index contributed by atoms with van der Waals surface area (Å²) in [6.45, 7) is 2.58. The van der Waals surface area contributed by atoms with Crippen molar-refractivity contribution in [3.63, 3.8) is 0 Å². The lowest BCUT2D eigenvalue weighted by molar-refractivity contribution is 0.179. The van der Waals surface area contributed by atoms with Crippen LogP contribution in [0.3, 0.4) is 0 Å². The van der Waals surface area contributed by atoms with Crippen LogP contribution in [0.5, 0.6) is 0 Å². The number of likely N-dealkylation sites (N-methyl/N-ethyl adjacent to an activating group) is 1. The number of hydrogen-bond acceptors (Lipinski definition) is 4. The SMILES string of the molecule is COCCC(N)CN(C)Cc1csc(Br)c1. The molecule has 1 heterocycles. The lowest BCUT2D eigenvalue weighted by atomic mass is 10.2. The van der Waals surface area contributed by atoms with E-state index in [0.717, 1.165) is 26.1 Å². The zero-order chi connectivity index (χ0) is 12.0. The quantitative estimate of drug-likeness (QED) is 0.840. The van der Waals surface area contributed by atoms with E-state index in [4.69, 9.17) is 10.5 Å². The average molecular weight is 307 g/mol. The highest BCUT2D eigenvalue weighted by Crippen LogP contribution is 2.21. The van der Waals surface area contributed by atoms with Gasteiger partial charge in [0.25, 0.3) is 0 Å². The lowest BCUT2D eigenvalue weighted by Gasteiger charge is -2.20. The fourth-order valence-corrected chi connectivity index (χ4v) is 2.77. The van der Waals surface area contributed by atoms with Crippen molar-refractivity contribution in [2.24, 2.45) is 5.73 Å². The van der Waals surface area contributed by atoms with Crippen molar-refractivity contribution in [2.75, 3.05) is 27.3 Å². The van der Waals surface area contributed by atoms with E-state index in [0.29, 0.717) is 0 Å². The monoisotopic (exact) mass is 306 g/mol.